The van der Waals surface area contributed by atoms with E-state index in [9.17, 15) is 4.79 Å². The van der Waals surface area contributed by atoms with E-state index in [1.807, 2.05) is 0 Å². The lowest BCUT2D eigenvalue weighted by atomic mass is 9.93. The van der Waals surface area contributed by atoms with Gasteiger partial charge in [-0.1, -0.05) is 6.08 Å². The van der Waals surface area contributed by atoms with Crippen LogP contribution >= 0.6 is 0 Å². The molecule has 1 rings (SSSR count). The van der Waals surface area contributed by atoms with Crippen LogP contribution in [0.25, 0.3) is 0 Å². The number of nitrogens with one attached hydrogen (secondary N) is 2. The molecule has 14 heavy (non-hydrogen) atoms. The Morgan fingerprint density at radius 1 is 1.79 bits per heavy atom. The summed E-state index contributed by atoms with van der Waals surface area (Å²) in [6.45, 7) is 7.77. The topological polar surface area (TPSA) is 41.1 Å². The van der Waals surface area contributed by atoms with Crippen LogP contribution in [0.4, 0.5) is 0 Å². The molecule has 2 unspecified atom stereocenters. The number of piperidine rings is 1. The number of amides is 1. The van der Waals surface area contributed by atoms with Crippen LogP contribution in [0.1, 0.15) is 26.2 Å². The minimum atomic E-state index is 0.0815. The summed E-state index contributed by atoms with van der Waals surface area (Å²) in [5, 5.41) is 6.35. The fraction of sp³-hybridized carbons (Fsp3) is 0.727. The summed E-state index contributed by atoms with van der Waals surface area (Å²) in [6, 6.07) is 0.273. The van der Waals surface area contributed by atoms with Gasteiger partial charge in [-0.15, -0.1) is 6.58 Å². The Kier molecular flexibility index (Phi) is 4.66. The molecule has 0 aromatic carbocycles. The molecular weight excluding hydrogens is 176 g/mol. The zero-order valence-corrected chi connectivity index (χ0v) is 8.88. The van der Waals surface area contributed by atoms with Gasteiger partial charge in [-0.25, -0.2) is 0 Å². The largest absolute Gasteiger partial charge is 0.353 e. The van der Waals surface area contributed by atoms with Crippen molar-refractivity contribution in [2.75, 3.05) is 13.1 Å². The molecule has 2 atom stereocenters. The van der Waals surface area contributed by atoms with Crippen molar-refractivity contribution in [2.45, 2.75) is 32.2 Å². The molecule has 3 nitrogen and oxygen atoms in total. The van der Waals surface area contributed by atoms with E-state index in [0.717, 1.165) is 13.1 Å². The Morgan fingerprint density at radius 3 is 3.14 bits per heavy atom. The molecule has 0 aromatic heterocycles. The van der Waals surface area contributed by atoms with Gasteiger partial charge in [0.1, 0.15) is 0 Å². The molecule has 0 bridgehead atoms. The number of carbonyl (C=O) groups excluding carboxylic acids is 1. The summed E-state index contributed by atoms with van der Waals surface area (Å²) in [5.74, 6) is 0.663. The van der Waals surface area contributed by atoms with Crippen molar-refractivity contribution < 1.29 is 4.79 Å². The van der Waals surface area contributed by atoms with E-state index in [1.165, 1.54) is 12.8 Å². The van der Waals surface area contributed by atoms with Crippen molar-refractivity contribution in [1.82, 2.24) is 10.6 Å². The molecule has 0 spiro atoms. The predicted octanol–water partition coefficient (Wildman–Crippen LogP) is 1.07. The second kappa shape index (κ2) is 5.81. The molecule has 1 amide bonds. The molecule has 1 aliphatic rings. The Bertz CT molecular complexity index is 197. The van der Waals surface area contributed by atoms with E-state index in [1.54, 1.807) is 6.08 Å². The summed E-state index contributed by atoms with van der Waals surface area (Å²) in [5.41, 5.74) is 0. The van der Waals surface area contributed by atoms with Gasteiger partial charge in [-0.2, -0.15) is 0 Å². The van der Waals surface area contributed by atoms with Crippen LogP contribution < -0.4 is 10.6 Å². The third kappa shape index (κ3) is 3.50. The normalized spacial score (nSPS) is 23.9. The van der Waals surface area contributed by atoms with Crippen LogP contribution in [-0.4, -0.2) is 25.0 Å². The number of hydrogen-bond donors (Lipinski definition) is 2. The Balaban J connectivity index is 2.28. The predicted molar refractivity (Wildman–Crippen MR) is 58.0 cm³/mol. The van der Waals surface area contributed by atoms with Crippen LogP contribution in [0, 0.1) is 5.92 Å². The van der Waals surface area contributed by atoms with Crippen molar-refractivity contribution in [3.63, 3.8) is 0 Å². The average Bonchev–Trinajstić information content (AvgIpc) is 2.19. The van der Waals surface area contributed by atoms with E-state index < -0.39 is 0 Å². The standard InChI is InChI=1S/C11H20N2O/c1-3-5-11(14)13-9(2)10-6-4-7-12-8-10/h3,9-10,12H,1,4-8H2,2H3,(H,13,14). The van der Waals surface area contributed by atoms with Gasteiger partial charge in [0.05, 0.1) is 0 Å². The fourth-order valence-corrected chi connectivity index (χ4v) is 1.87. The molecule has 0 saturated carbocycles. The van der Waals surface area contributed by atoms with Gasteiger partial charge in [0.25, 0.3) is 0 Å². The number of carbonyl (C=O) groups is 1. The third-order valence-electron chi connectivity index (χ3n) is 2.76. The van der Waals surface area contributed by atoms with Crippen molar-refractivity contribution in [1.29, 1.82) is 0 Å². The van der Waals surface area contributed by atoms with Crippen LogP contribution in [-0.2, 0) is 4.79 Å². The third-order valence-corrected chi connectivity index (χ3v) is 2.76. The molecule has 1 aliphatic heterocycles. The quantitative estimate of drug-likeness (QED) is 0.660. The molecule has 1 saturated heterocycles. The molecule has 80 valence electrons. The first-order chi connectivity index (χ1) is 6.74. The molecule has 1 heterocycles. The highest BCUT2D eigenvalue weighted by atomic mass is 16.1. The maximum absolute atomic E-state index is 11.3. The van der Waals surface area contributed by atoms with Gasteiger partial charge >= 0.3 is 0 Å². The maximum atomic E-state index is 11.3. The molecule has 0 radical (unpaired) electrons. The SMILES string of the molecule is C=CCC(=O)NC(C)C1CCCNC1. The summed E-state index contributed by atoms with van der Waals surface area (Å²) in [7, 11) is 0. The van der Waals surface area contributed by atoms with Crippen LogP contribution in [0.15, 0.2) is 12.7 Å². The number of rotatable bonds is 4. The summed E-state index contributed by atoms with van der Waals surface area (Å²) in [6.07, 6.45) is 4.49. The average molecular weight is 196 g/mol. The first kappa shape index (κ1) is 11.2. The lowest BCUT2D eigenvalue weighted by Crippen LogP contribution is -2.44. The van der Waals surface area contributed by atoms with E-state index in [-0.39, 0.29) is 11.9 Å². The van der Waals surface area contributed by atoms with Gasteiger partial charge < -0.3 is 10.6 Å². The Morgan fingerprint density at radius 2 is 2.57 bits per heavy atom. The van der Waals surface area contributed by atoms with E-state index in [0.29, 0.717) is 12.3 Å². The highest BCUT2D eigenvalue weighted by Crippen LogP contribution is 2.13. The molecule has 3 heteroatoms. The van der Waals surface area contributed by atoms with E-state index in [4.69, 9.17) is 0 Å². The van der Waals surface area contributed by atoms with E-state index in [2.05, 4.69) is 24.1 Å². The molecule has 0 aromatic rings. The lowest BCUT2D eigenvalue weighted by molar-refractivity contribution is -0.121. The molecule has 0 aliphatic carbocycles. The molecule has 1 fully saturated rings. The van der Waals surface area contributed by atoms with Crippen molar-refractivity contribution >= 4 is 5.91 Å². The monoisotopic (exact) mass is 196 g/mol. The van der Waals surface area contributed by atoms with Gasteiger partial charge in [0.15, 0.2) is 0 Å². The van der Waals surface area contributed by atoms with Gasteiger partial charge in [0.2, 0.25) is 5.91 Å². The van der Waals surface area contributed by atoms with Crippen molar-refractivity contribution in [3.05, 3.63) is 12.7 Å². The zero-order valence-electron chi connectivity index (χ0n) is 8.88. The van der Waals surface area contributed by atoms with Crippen molar-refractivity contribution in [2.24, 2.45) is 5.92 Å². The van der Waals surface area contributed by atoms with Crippen LogP contribution in [0.5, 0.6) is 0 Å². The van der Waals surface area contributed by atoms with Crippen LogP contribution in [0.2, 0.25) is 0 Å². The van der Waals surface area contributed by atoms with Gasteiger partial charge in [-0.3, -0.25) is 4.79 Å². The maximum Gasteiger partial charge on any atom is 0.224 e. The van der Waals surface area contributed by atoms with Crippen LogP contribution in [0.3, 0.4) is 0 Å². The molecule has 2 N–H and O–H groups in total. The highest BCUT2D eigenvalue weighted by Gasteiger charge is 2.20. The van der Waals surface area contributed by atoms with E-state index >= 15 is 0 Å². The van der Waals surface area contributed by atoms with Crippen molar-refractivity contribution in [3.8, 4) is 0 Å². The summed E-state index contributed by atoms with van der Waals surface area (Å²) in [4.78, 5) is 11.3. The highest BCUT2D eigenvalue weighted by molar-refractivity contribution is 5.77. The minimum absolute atomic E-state index is 0.0815. The minimum Gasteiger partial charge on any atom is -0.353 e. The summed E-state index contributed by atoms with van der Waals surface area (Å²) >= 11 is 0. The first-order valence-electron chi connectivity index (χ1n) is 5.35. The number of hydrogen-bond acceptors (Lipinski definition) is 2. The molecular formula is C11H20N2O. The first-order valence-corrected chi connectivity index (χ1v) is 5.35. The van der Waals surface area contributed by atoms with Gasteiger partial charge in [-0.05, 0) is 38.8 Å². The zero-order chi connectivity index (χ0) is 10.4. The van der Waals surface area contributed by atoms with Gasteiger partial charge in [0, 0.05) is 12.5 Å². The summed E-state index contributed by atoms with van der Waals surface area (Å²) < 4.78 is 0. The Hall–Kier alpha value is -0.830. The lowest BCUT2D eigenvalue weighted by Gasteiger charge is -2.28. The Labute approximate surface area is 86.0 Å². The fourth-order valence-electron chi connectivity index (χ4n) is 1.87. The second-order valence-corrected chi connectivity index (χ2v) is 3.96. The second-order valence-electron chi connectivity index (χ2n) is 3.96. The smallest absolute Gasteiger partial charge is 0.224 e.